The SMILES string of the molecule is C=C(C)/C=C\C=C/CN=C(CCCC)c1ccccc1. The molecule has 0 atom stereocenters. The van der Waals surface area contributed by atoms with E-state index in [0.29, 0.717) is 0 Å². The highest BCUT2D eigenvalue weighted by molar-refractivity contribution is 6.00. The average molecular weight is 267 g/mol. The highest BCUT2D eigenvalue weighted by atomic mass is 14.7. The van der Waals surface area contributed by atoms with Crippen molar-refractivity contribution in [1.82, 2.24) is 0 Å². The molecular formula is C19H25N. The van der Waals surface area contributed by atoms with E-state index in [1.807, 2.05) is 31.2 Å². The summed E-state index contributed by atoms with van der Waals surface area (Å²) in [6, 6.07) is 10.5. The molecule has 106 valence electrons. The topological polar surface area (TPSA) is 12.4 Å². The van der Waals surface area contributed by atoms with E-state index < -0.39 is 0 Å². The van der Waals surface area contributed by atoms with Crippen molar-refractivity contribution < 1.29 is 0 Å². The summed E-state index contributed by atoms with van der Waals surface area (Å²) in [6.45, 7) is 8.76. The van der Waals surface area contributed by atoms with E-state index in [2.05, 4.69) is 43.8 Å². The van der Waals surface area contributed by atoms with Crippen LogP contribution in [0.1, 0.15) is 38.7 Å². The lowest BCUT2D eigenvalue weighted by molar-refractivity contribution is 0.833. The summed E-state index contributed by atoms with van der Waals surface area (Å²) in [5, 5.41) is 0. The third-order valence-corrected chi connectivity index (χ3v) is 2.89. The van der Waals surface area contributed by atoms with Crippen molar-refractivity contribution in [2.24, 2.45) is 4.99 Å². The summed E-state index contributed by atoms with van der Waals surface area (Å²) >= 11 is 0. The fourth-order valence-electron chi connectivity index (χ4n) is 1.81. The highest BCUT2D eigenvalue weighted by Gasteiger charge is 2.01. The van der Waals surface area contributed by atoms with Gasteiger partial charge >= 0.3 is 0 Å². The zero-order valence-electron chi connectivity index (χ0n) is 12.7. The molecule has 1 aromatic rings. The molecule has 0 aliphatic carbocycles. The summed E-state index contributed by atoms with van der Waals surface area (Å²) < 4.78 is 0. The Balaban J connectivity index is 2.64. The quantitative estimate of drug-likeness (QED) is 0.444. The zero-order valence-corrected chi connectivity index (χ0v) is 12.7. The Kier molecular flexibility index (Phi) is 8.05. The molecule has 20 heavy (non-hydrogen) atoms. The molecule has 0 unspecified atom stereocenters. The Morgan fingerprint density at radius 2 is 1.95 bits per heavy atom. The lowest BCUT2D eigenvalue weighted by Crippen LogP contribution is -2.01. The van der Waals surface area contributed by atoms with Gasteiger partial charge in [0.1, 0.15) is 0 Å². The van der Waals surface area contributed by atoms with Gasteiger partial charge in [0.15, 0.2) is 0 Å². The fraction of sp³-hybridized carbons (Fsp3) is 0.316. The van der Waals surface area contributed by atoms with Crippen LogP contribution < -0.4 is 0 Å². The molecule has 0 saturated carbocycles. The third kappa shape index (κ3) is 6.89. The van der Waals surface area contributed by atoms with Crippen molar-refractivity contribution in [3.63, 3.8) is 0 Å². The lowest BCUT2D eigenvalue weighted by atomic mass is 10.0. The minimum absolute atomic E-state index is 0.731. The molecular weight excluding hydrogens is 242 g/mol. The first-order valence-electron chi connectivity index (χ1n) is 7.31. The summed E-state index contributed by atoms with van der Waals surface area (Å²) in [5.74, 6) is 0. The van der Waals surface area contributed by atoms with Crippen LogP contribution >= 0.6 is 0 Å². The van der Waals surface area contributed by atoms with Gasteiger partial charge in [-0.1, -0.05) is 80.1 Å². The summed E-state index contributed by atoms with van der Waals surface area (Å²) in [6.07, 6.45) is 11.5. The molecule has 0 aliphatic rings. The second-order valence-corrected chi connectivity index (χ2v) is 4.89. The summed E-state index contributed by atoms with van der Waals surface area (Å²) in [7, 11) is 0. The van der Waals surface area contributed by atoms with E-state index in [1.54, 1.807) is 0 Å². The molecule has 1 aromatic carbocycles. The van der Waals surface area contributed by atoms with Gasteiger partial charge in [-0.25, -0.2) is 0 Å². The molecule has 0 fully saturated rings. The summed E-state index contributed by atoms with van der Waals surface area (Å²) in [5.41, 5.74) is 3.51. The van der Waals surface area contributed by atoms with Crippen LogP contribution in [-0.2, 0) is 0 Å². The Bertz CT molecular complexity index is 478. The Morgan fingerprint density at radius 3 is 2.60 bits per heavy atom. The van der Waals surface area contributed by atoms with Crippen LogP contribution in [0.25, 0.3) is 0 Å². The molecule has 1 rings (SSSR count). The van der Waals surface area contributed by atoms with Gasteiger partial charge in [-0.2, -0.15) is 0 Å². The molecule has 0 heterocycles. The van der Waals surface area contributed by atoms with Crippen molar-refractivity contribution in [3.05, 3.63) is 72.4 Å². The summed E-state index contributed by atoms with van der Waals surface area (Å²) in [4.78, 5) is 4.72. The number of allylic oxidation sites excluding steroid dienone is 4. The first kappa shape index (κ1) is 16.2. The second kappa shape index (κ2) is 9.96. The number of rotatable bonds is 8. The van der Waals surface area contributed by atoms with Crippen molar-refractivity contribution >= 4 is 5.71 Å². The van der Waals surface area contributed by atoms with Crippen molar-refractivity contribution in [2.75, 3.05) is 6.54 Å². The smallest absolute Gasteiger partial charge is 0.0576 e. The minimum Gasteiger partial charge on any atom is -0.285 e. The lowest BCUT2D eigenvalue weighted by Gasteiger charge is -2.05. The molecule has 0 saturated heterocycles. The van der Waals surface area contributed by atoms with Crippen molar-refractivity contribution in [2.45, 2.75) is 33.1 Å². The number of hydrogen-bond acceptors (Lipinski definition) is 1. The van der Waals surface area contributed by atoms with Gasteiger partial charge in [-0.3, -0.25) is 4.99 Å². The maximum Gasteiger partial charge on any atom is 0.0576 e. The van der Waals surface area contributed by atoms with Crippen molar-refractivity contribution in [1.29, 1.82) is 0 Å². The van der Waals surface area contributed by atoms with Crippen LogP contribution in [-0.4, -0.2) is 12.3 Å². The van der Waals surface area contributed by atoms with E-state index in [4.69, 9.17) is 4.99 Å². The van der Waals surface area contributed by atoms with Gasteiger partial charge < -0.3 is 0 Å². The minimum atomic E-state index is 0.731. The number of aliphatic imine (C=N–C) groups is 1. The highest BCUT2D eigenvalue weighted by Crippen LogP contribution is 2.08. The first-order chi connectivity index (χ1) is 9.74. The molecule has 0 radical (unpaired) electrons. The number of hydrogen-bond donors (Lipinski definition) is 0. The maximum absolute atomic E-state index is 4.72. The van der Waals surface area contributed by atoms with Crippen LogP contribution in [0.15, 0.2) is 71.8 Å². The molecule has 1 heteroatoms. The van der Waals surface area contributed by atoms with Gasteiger partial charge in [0.05, 0.1) is 6.54 Å². The second-order valence-electron chi connectivity index (χ2n) is 4.89. The fourth-order valence-corrected chi connectivity index (χ4v) is 1.81. The maximum atomic E-state index is 4.72. The molecule has 0 bridgehead atoms. The number of nitrogens with zero attached hydrogens (tertiary/aromatic N) is 1. The monoisotopic (exact) mass is 267 g/mol. The third-order valence-electron chi connectivity index (χ3n) is 2.89. The zero-order chi connectivity index (χ0) is 14.6. The predicted molar refractivity (Wildman–Crippen MR) is 90.5 cm³/mol. The standard InChI is InChI=1S/C19H25N/c1-4-5-15-19(18-13-9-6-10-14-18)20-16-11-7-8-12-17(2)3/h6-14H,2,4-5,15-16H2,1,3H3/b11-7-,12-8-,20-19?. The Morgan fingerprint density at radius 1 is 1.20 bits per heavy atom. The molecule has 1 nitrogen and oxygen atoms in total. The van der Waals surface area contributed by atoms with Gasteiger partial charge in [-0.15, -0.1) is 0 Å². The molecule has 0 N–H and O–H groups in total. The van der Waals surface area contributed by atoms with E-state index >= 15 is 0 Å². The predicted octanol–water partition coefficient (Wildman–Crippen LogP) is 5.35. The van der Waals surface area contributed by atoms with Crippen LogP contribution in [0, 0.1) is 0 Å². The van der Waals surface area contributed by atoms with Crippen LogP contribution in [0.2, 0.25) is 0 Å². The van der Waals surface area contributed by atoms with E-state index in [9.17, 15) is 0 Å². The molecule has 0 amide bonds. The van der Waals surface area contributed by atoms with E-state index in [1.165, 1.54) is 24.1 Å². The number of unbranched alkanes of at least 4 members (excludes halogenated alkanes) is 1. The first-order valence-corrected chi connectivity index (χ1v) is 7.31. The Labute approximate surface area is 123 Å². The molecule has 0 aliphatic heterocycles. The molecule has 0 spiro atoms. The van der Waals surface area contributed by atoms with Crippen molar-refractivity contribution in [3.8, 4) is 0 Å². The normalized spacial score (nSPS) is 12.4. The van der Waals surface area contributed by atoms with E-state index in [-0.39, 0.29) is 0 Å². The van der Waals surface area contributed by atoms with Gasteiger partial charge in [0.2, 0.25) is 0 Å². The molecule has 0 aromatic heterocycles. The number of benzene rings is 1. The van der Waals surface area contributed by atoms with Gasteiger partial charge in [0, 0.05) is 5.71 Å². The Hall–Kier alpha value is -1.89. The van der Waals surface area contributed by atoms with Crippen LogP contribution in [0.4, 0.5) is 0 Å². The average Bonchev–Trinajstić information content (AvgIpc) is 2.46. The van der Waals surface area contributed by atoms with Gasteiger partial charge in [0.25, 0.3) is 0 Å². The van der Waals surface area contributed by atoms with Crippen LogP contribution in [0.3, 0.4) is 0 Å². The van der Waals surface area contributed by atoms with E-state index in [0.717, 1.165) is 18.5 Å². The van der Waals surface area contributed by atoms with Gasteiger partial charge in [-0.05, 0) is 25.3 Å². The largest absolute Gasteiger partial charge is 0.285 e. The van der Waals surface area contributed by atoms with Crippen LogP contribution in [0.5, 0.6) is 0 Å².